The Morgan fingerprint density at radius 1 is 1.43 bits per heavy atom. The molecule has 118 valence electrons. The van der Waals surface area contributed by atoms with Crippen LogP contribution in [0.4, 0.5) is 5.69 Å². The lowest BCUT2D eigenvalue weighted by molar-refractivity contribution is -0.143. The minimum absolute atomic E-state index is 0.0117. The summed E-state index contributed by atoms with van der Waals surface area (Å²) in [6.07, 6.45) is 0. The summed E-state index contributed by atoms with van der Waals surface area (Å²) < 4.78 is 31.1. The number of anilines is 1. The molecule has 8 heteroatoms. The predicted molar refractivity (Wildman–Crippen MR) is 81.5 cm³/mol. The number of sulfonamides is 1. The topological polar surface area (TPSA) is 89.7 Å². The monoisotopic (exact) mass is 334 g/mol. The average Bonchev–Trinajstić information content (AvgIpc) is 2.38. The third-order valence-corrected chi connectivity index (χ3v) is 5.10. The molecule has 0 aliphatic heterocycles. The van der Waals surface area contributed by atoms with Gasteiger partial charge in [-0.05, 0) is 39.0 Å². The Labute approximate surface area is 129 Å². The van der Waals surface area contributed by atoms with Crippen molar-refractivity contribution in [3.63, 3.8) is 0 Å². The van der Waals surface area contributed by atoms with Gasteiger partial charge in [-0.2, -0.15) is 4.31 Å². The summed E-state index contributed by atoms with van der Waals surface area (Å²) in [5, 5.41) is 0.274. The highest BCUT2D eigenvalue weighted by molar-refractivity contribution is 7.89. The highest BCUT2D eigenvalue weighted by atomic mass is 35.5. The largest absolute Gasteiger partial charge is 0.465 e. The van der Waals surface area contributed by atoms with Crippen molar-refractivity contribution >= 4 is 33.3 Å². The second-order valence-electron chi connectivity index (χ2n) is 4.63. The molecule has 0 aromatic heterocycles. The number of benzene rings is 1. The fourth-order valence-corrected chi connectivity index (χ4v) is 3.43. The first-order valence-corrected chi connectivity index (χ1v) is 8.24. The summed E-state index contributed by atoms with van der Waals surface area (Å²) in [4.78, 5) is 11.6. The van der Waals surface area contributed by atoms with Gasteiger partial charge in [-0.1, -0.05) is 11.6 Å². The van der Waals surface area contributed by atoms with E-state index in [2.05, 4.69) is 0 Å². The van der Waals surface area contributed by atoms with E-state index in [1.165, 1.54) is 18.2 Å². The van der Waals surface area contributed by atoms with Crippen LogP contribution < -0.4 is 5.73 Å². The van der Waals surface area contributed by atoms with Crippen molar-refractivity contribution in [3.05, 3.63) is 23.2 Å². The van der Waals surface area contributed by atoms with Gasteiger partial charge in [0.2, 0.25) is 10.0 Å². The van der Waals surface area contributed by atoms with E-state index in [1.54, 1.807) is 20.8 Å². The molecular formula is C13H19ClN2O4S. The van der Waals surface area contributed by atoms with E-state index < -0.39 is 22.0 Å². The van der Waals surface area contributed by atoms with Gasteiger partial charge in [0.15, 0.2) is 0 Å². The molecule has 0 heterocycles. The molecule has 0 aliphatic rings. The number of rotatable bonds is 6. The first kappa shape index (κ1) is 17.7. The molecule has 0 fully saturated rings. The lowest BCUT2D eigenvalue weighted by atomic mass is 10.3. The molecule has 2 N–H and O–H groups in total. The van der Waals surface area contributed by atoms with Crippen molar-refractivity contribution < 1.29 is 17.9 Å². The fraction of sp³-hybridized carbons (Fsp3) is 0.462. The molecule has 0 aliphatic carbocycles. The van der Waals surface area contributed by atoms with Crippen LogP contribution in [0.1, 0.15) is 20.8 Å². The SMILES string of the molecule is CCOC(=O)CN(C(C)C)S(=O)(=O)c1ccc(Cl)c(N)c1. The zero-order valence-corrected chi connectivity index (χ0v) is 13.7. The van der Waals surface area contributed by atoms with Crippen molar-refractivity contribution in [1.82, 2.24) is 4.31 Å². The molecule has 1 rings (SSSR count). The van der Waals surface area contributed by atoms with Crippen molar-refractivity contribution in [2.75, 3.05) is 18.9 Å². The smallest absolute Gasteiger partial charge is 0.321 e. The number of carbonyl (C=O) groups is 1. The third-order valence-electron chi connectivity index (χ3n) is 2.74. The summed E-state index contributed by atoms with van der Waals surface area (Å²) in [6, 6.07) is 3.63. The Hall–Kier alpha value is -1.31. The molecule has 1 aromatic carbocycles. The molecule has 0 spiro atoms. The highest BCUT2D eigenvalue weighted by Crippen LogP contribution is 2.25. The molecule has 0 amide bonds. The van der Waals surface area contributed by atoms with Gasteiger partial charge in [0, 0.05) is 6.04 Å². The van der Waals surface area contributed by atoms with Crippen molar-refractivity contribution in [1.29, 1.82) is 0 Å². The maximum Gasteiger partial charge on any atom is 0.321 e. The number of nitrogens with zero attached hydrogens (tertiary/aromatic N) is 1. The Kier molecular flexibility index (Phi) is 6.00. The molecule has 0 radical (unpaired) electrons. The van der Waals surface area contributed by atoms with E-state index in [4.69, 9.17) is 22.1 Å². The highest BCUT2D eigenvalue weighted by Gasteiger charge is 2.29. The van der Waals surface area contributed by atoms with Gasteiger partial charge < -0.3 is 10.5 Å². The average molecular weight is 335 g/mol. The predicted octanol–water partition coefficient (Wildman–Crippen LogP) is 1.88. The Balaban J connectivity index is 3.15. The zero-order valence-electron chi connectivity index (χ0n) is 12.2. The summed E-state index contributed by atoms with van der Waals surface area (Å²) in [5.74, 6) is -0.600. The van der Waals surface area contributed by atoms with Crippen LogP contribution in [0, 0.1) is 0 Å². The van der Waals surface area contributed by atoms with Crippen molar-refractivity contribution in [2.24, 2.45) is 0 Å². The summed E-state index contributed by atoms with van der Waals surface area (Å²) in [5.41, 5.74) is 5.80. The lowest BCUT2D eigenvalue weighted by Gasteiger charge is -2.25. The number of esters is 1. The van der Waals surface area contributed by atoms with E-state index >= 15 is 0 Å². The van der Waals surface area contributed by atoms with E-state index in [9.17, 15) is 13.2 Å². The molecule has 6 nitrogen and oxygen atoms in total. The minimum atomic E-state index is -3.86. The first-order chi connectivity index (χ1) is 9.70. The van der Waals surface area contributed by atoms with Crippen LogP contribution >= 0.6 is 11.6 Å². The molecule has 0 unspecified atom stereocenters. The fourth-order valence-electron chi connectivity index (χ4n) is 1.70. The van der Waals surface area contributed by atoms with Crippen LogP contribution in [0.3, 0.4) is 0 Å². The van der Waals surface area contributed by atoms with E-state index in [0.717, 1.165) is 4.31 Å². The number of ether oxygens (including phenoxy) is 1. The second kappa shape index (κ2) is 7.11. The number of carbonyl (C=O) groups excluding carboxylic acids is 1. The first-order valence-electron chi connectivity index (χ1n) is 6.42. The van der Waals surface area contributed by atoms with Gasteiger partial charge in [0.05, 0.1) is 22.2 Å². The van der Waals surface area contributed by atoms with Gasteiger partial charge in [-0.3, -0.25) is 4.79 Å². The standard InChI is InChI=1S/C13H19ClN2O4S/c1-4-20-13(17)8-16(9(2)3)21(18,19)10-5-6-11(14)12(15)7-10/h5-7,9H,4,8,15H2,1-3H3. The number of nitrogens with two attached hydrogens (primary N) is 1. The number of hydrogen-bond acceptors (Lipinski definition) is 5. The lowest BCUT2D eigenvalue weighted by Crippen LogP contribution is -2.41. The Morgan fingerprint density at radius 3 is 2.52 bits per heavy atom. The van der Waals surface area contributed by atoms with Gasteiger partial charge in [0.25, 0.3) is 0 Å². The maximum absolute atomic E-state index is 12.6. The van der Waals surface area contributed by atoms with E-state index in [0.29, 0.717) is 0 Å². The Morgan fingerprint density at radius 2 is 2.05 bits per heavy atom. The van der Waals surface area contributed by atoms with Crippen LogP contribution in [0.15, 0.2) is 23.1 Å². The molecule has 0 atom stereocenters. The third kappa shape index (κ3) is 4.33. The number of nitrogen functional groups attached to an aromatic ring is 1. The van der Waals surface area contributed by atoms with Crippen LogP contribution in [0.2, 0.25) is 5.02 Å². The van der Waals surface area contributed by atoms with E-state index in [1.807, 2.05) is 0 Å². The van der Waals surface area contributed by atoms with Crippen LogP contribution in [0.5, 0.6) is 0 Å². The molecule has 21 heavy (non-hydrogen) atoms. The number of halogens is 1. The van der Waals surface area contributed by atoms with Crippen LogP contribution in [0.25, 0.3) is 0 Å². The quantitative estimate of drug-likeness (QED) is 0.633. The number of hydrogen-bond donors (Lipinski definition) is 1. The summed E-state index contributed by atoms with van der Waals surface area (Å²) in [6.45, 7) is 4.85. The normalized spacial score (nSPS) is 11.9. The summed E-state index contributed by atoms with van der Waals surface area (Å²) >= 11 is 5.79. The second-order valence-corrected chi connectivity index (χ2v) is 6.93. The van der Waals surface area contributed by atoms with E-state index in [-0.39, 0.29) is 28.8 Å². The minimum Gasteiger partial charge on any atom is -0.465 e. The molecular weight excluding hydrogens is 316 g/mol. The van der Waals surface area contributed by atoms with Gasteiger partial charge in [-0.25, -0.2) is 8.42 Å². The van der Waals surface area contributed by atoms with Gasteiger partial charge in [-0.15, -0.1) is 0 Å². The molecule has 0 saturated carbocycles. The Bertz CT molecular complexity index is 617. The molecule has 0 saturated heterocycles. The van der Waals surface area contributed by atoms with Gasteiger partial charge >= 0.3 is 5.97 Å². The molecule has 1 aromatic rings. The van der Waals surface area contributed by atoms with Gasteiger partial charge in [0.1, 0.15) is 6.54 Å². The molecule has 0 bridgehead atoms. The van der Waals surface area contributed by atoms with Crippen LogP contribution in [-0.2, 0) is 19.6 Å². The van der Waals surface area contributed by atoms with Crippen molar-refractivity contribution in [3.8, 4) is 0 Å². The van der Waals surface area contributed by atoms with Crippen molar-refractivity contribution in [2.45, 2.75) is 31.7 Å². The van der Waals surface area contributed by atoms with Crippen LogP contribution in [-0.4, -0.2) is 37.9 Å². The summed E-state index contributed by atoms with van der Waals surface area (Å²) in [7, 11) is -3.86. The zero-order chi connectivity index (χ0) is 16.2. The maximum atomic E-state index is 12.6.